The van der Waals surface area contributed by atoms with Gasteiger partial charge in [-0.1, -0.05) is 12.1 Å². The number of rotatable bonds is 10. The second-order valence-electron chi connectivity index (χ2n) is 13.5. The Labute approximate surface area is 324 Å². The SMILES string of the molecule is Cc1ccc(S(=O)(=O)Oc2ccc(NC(=O)N(C(=O)[C@@H](N)Cc3ccc(O)cc3)[C@H]3CCC[N+](C)(Cc4ccc5c(c4)OCO5)C3)cc2)s1.O=C([O-])C(F)(F)F. The topological polar surface area (TPSA) is 198 Å². The Morgan fingerprint density at radius 3 is 2.30 bits per heavy atom. The van der Waals surface area contributed by atoms with Gasteiger partial charge in [-0.05, 0) is 98.5 Å². The molecule has 6 rings (SSSR count). The minimum absolute atomic E-state index is 0.0803. The zero-order valence-corrected chi connectivity index (χ0v) is 31.8. The Morgan fingerprint density at radius 2 is 1.68 bits per heavy atom. The van der Waals surface area contributed by atoms with Gasteiger partial charge in [-0.25, -0.2) is 4.79 Å². The molecule has 14 nitrogen and oxygen atoms in total. The molecule has 56 heavy (non-hydrogen) atoms. The number of likely N-dealkylation sites (N-methyl/N-ethyl adjacent to an activating group) is 1. The standard InChI is InChI=1S/C35H38N4O8S2.C2HF3O2/c1-23-5-16-33(48-23)49(43,44)47-29-13-9-26(10-14-29)37-35(42)38(34(41)30(36)18-24-6-11-28(40)12-7-24)27-4-3-17-39(2,21-27)20-25-8-15-31-32(19-25)46-22-45-31;3-2(4,5)1(6)7/h5-16,19,27,30H,3-4,17-18,20-22,36H2,1-2H3,(H-,37,40,42);(H,6,7)/t27-,30-,39?;/m0./s1. The number of nitrogens with zero attached hydrogens (tertiary/aromatic N) is 2. The van der Waals surface area contributed by atoms with Crippen molar-refractivity contribution in [3.63, 3.8) is 0 Å². The summed E-state index contributed by atoms with van der Waals surface area (Å²) in [5.74, 6) is -1.95. The number of benzene rings is 3. The van der Waals surface area contributed by atoms with Crippen LogP contribution in [0.3, 0.4) is 0 Å². The molecule has 2 aliphatic rings. The van der Waals surface area contributed by atoms with Gasteiger partial charge in [-0.3, -0.25) is 9.69 Å². The number of fused-ring (bicyclic) bond motifs is 1. The number of carboxylic acid groups (broad SMARTS) is 1. The van der Waals surface area contributed by atoms with E-state index in [4.69, 9.17) is 29.3 Å². The molecule has 1 saturated heterocycles. The van der Waals surface area contributed by atoms with E-state index >= 15 is 0 Å². The maximum Gasteiger partial charge on any atom is 0.430 e. The summed E-state index contributed by atoms with van der Waals surface area (Å²) in [6.45, 7) is 4.01. The molecular formula is C37H39F3N4O10S2. The number of quaternary nitrogens is 1. The van der Waals surface area contributed by atoms with E-state index in [1.165, 1.54) is 47.4 Å². The van der Waals surface area contributed by atoms with Crippen LogP contribution in [0.4, 0.5) is 23.7 Å². The number of alkyl halides is 3. The monoisotopic (exact) mass is 820 g/mol. The maximum absolute atomic E-state index is 14.1. The number of nitrogens with one attached hydrogen (secondary N) is 1. The van der Waals surface area contributed by atoms with Gasteiger partial charge in [0.1, 0.15) is 30.6 Å². The number of imide groups is 1. The van der Waals surface area contributed by atoms with Gasteiger partial charge in [0.05, 0.1) is 25.7 Å². The first-order valence-corrected chi connectivity index (χ1v) is 19.3. The Kier molecular flexibility index (Phi) is 12.8. The minimum Gasteiger partial charge on any atom is -0.542 e. The molecule has 1 unspecified atom stereocenters. The number of thiophene rings is 1. The average Bonchev–Trinajstić information content (AvgIpc) is 3.79. The summed E-state index contributed by atoms with van der Waals surface area (Å²) >= 11 is 1.11. The number of nitrogens with two attached hydrogens (primary N) is 1. The van der Waals surface area contributed by atoms with Gasteiger partial charge in [0.15, 0.2) is 15.7 Å². The first-order chi connectivity index (χ1) is 26.3. The van der Waals surface area contributed by atoms with Crippen molar-refractivity contribution in [2.24, 2.45) is 5.73 Å². The van der Waals surface area contributed by atoms with Crippen LogP contribution in [-0.4, -0.2) is 86.0 Å². The number of carboxylic acids is 1. The van der Waals surface area contributed by atoms with E-state index < -0.39 is 46.3 Å². The highest BCUT2D eigenvalue weighted by atomic mass is 32.3. The number of piperidine rings is 1. The first-order valence-electron chi connectivity index (χ1n) is 17.1. The summed E-state index contributed by atoms with van der Waals surface area (Å²) in [6, 6.07) is 19.3. The molecule has 0 spiro atoms. The van der Waals surface area contributed by atoms with E-state index in [0.717, 1.165) is 40.3 Å². The minimum atomic E-state index is -5.19. The fourth-order valence-corrected chi connectivity index (χ4v) is 8.50. The summed E-state index contributed by atoms with van der Waals surface area (Å²) in [5, 5.41) is 21.3. The smallest absolute Gasteiger partial charge is 0.430 e. The van der Waals surface area contributed by atoms with Crippen LogP contribution < -0.4 is 29.8 Å². The number of likely N-dealkylation sites (tertiary alicyclic amines) is 1. The predicted octanol–water partition coefficient (Wildman–Crippen LogP) is 4.30. The summed E-state index contributed by atoms with van der Waals surface area (Å²) in [7, 11) is -1.90. The van der Waals surface area contributed by atoms with Crippen LogP contribution in [0.1, 0.15) is 28.8 Å². The Hall–Kier alpha value is -5.37. The Bertz CT molecular complexity index is 2150. The number of hydrogen-bond acceptors (Lipinski definition) is 12. The number of ether oxygens (including phenoxy) is 2. The molecule has 3 heterocycles. The summed E-state index contributed by atoms with van der Waals surface area (Å²) in [6.07, 6.45) is -3.64. The van der Waals surface area contributed by atoms with Gasteiger partial charge in [0.25, 0.3) is 0 Å². The van der Waals surface area contributed by atoms with E-state index in [1.807, 2.05) is 25.1 Å². The van der Waals surface area contributed by atoms with E-state index in [2.05, 4.69) is 12.4 Å². The van der Waals surface area contributed by atoms with Crippen molar-refractivity contribution >= 4 is 45.0 Å². The molecule has 19 heteroatoms. The number of aryl methyl sites for hydroxylation is 1. The highest BCUT2D eigenvalue weighted by Crippen LogP contribution is 2.34. The summed E-state index contributed by atoms with van der Waals surface area (Å²) in [5.41, 5.74) is 8.61. The molecule has 0 aliphatic carbocycles. The van der Waals surface area contributed by atoms with Crippen molar-refractivity contribution in [1.82, 2.24) is 4.90 Å². The molecule has 300 valence electrons. The van der Waals surface area contributed by atoms with Gasteiger partial charge >= 0.3 is 22.3 Å². The van der Waals surface area contributed by atoms with Gasteiger partial charge < -0.3 is 44.2 Å². The van der Waals surface area contributed by atoms with Gasteiger partial charge in [0.2, 0.25) is 12.7 Å². The Balaban J connectivity index is 0.000000784. The molecule has 2 aliphatic heterocycles. The molecule has 0 bridgehead atoms. The maximum atomic E-state index is 14.1. The second-order valence-corrected chi connectivity index (χ2v) is 16.6. The quantitative estimate of drug-likeness (QED) is 0.152. The lowest BCUT2D eigenvalue weighted by Gasteiger charge is -2.44. The van der Waals surface area contributed by atoms with Crippen molar-refractivity contribution < 1.29 is 64.3 Å². The van der Waals surface area contributed by atoms with E-state index in [9.17, 15) is 36.3 Å². The van der Waals surface area contributed by atoms with Crippen LogP contribution in [0.5, 0.6) is 23.0 Å². The highest BCUT2D eigenvalue weighted by molar-refractivity contribution is 7.89. The predicted molar refractivity (Wildman–Crippen MR) is 195 cm³/mol. The molecule has 4 aromatic rings. The number of hydrogen-bond donors (Lipinski definition) is 3. The van der Waals surface area contributed by atoms with E-state index in [-0.39, 0.29) is 28.9 Å². The zero-order valence-electron chi connectivity index (χ0n) is 30.2. The molecule has 3 aromatic carbocycles. The lowest BCUT2D eigenvalue weighted by atomic mass is 9.98. The lowest BCUT2D eigenvalue weighted by Crippen LogP contribution is -2.62. The number of anilines is 1. The fourth-order valence-electron chi connectivity index (χ4n) is 6.32. The van der Waals surface area contributed by atoms with Crippen molar-refractivity contribution in [3.8, 4) is 23.0 Å². The molecule has 3 amide bonds. The average molecular weight is 821 g/mol. The third-order valence-electron chi connectivity index (χ3n) is 8.92. The number of halogens is 3. The first kappa shape index (κ1) is 41.8. The molecule has 4 N–H and O–H groups in total. The largest absolute Gasteiger partial charge is 0.542 e. The number of aromatic hydroxyl groups is 1. The van der Waals surface area contributed by atoms with Crippen LogP contribution >= 0.6 is 11.3 Å². The van der Waals surface area contributed by atoms with Crippen LogP contribution in [0, 0.1) is 6.92 Å². The number of phenolic OH excluding ortho intramolecular Hbond substituents is 1. The molecule has 1 fully saturated rings. The van der Waals surface area contributed by atoms with Crippen molar-refractivity contribution in [2.75, 3.05) is 32.2 Å². The fraction of sp³-hybridized carbons (Fsp3) is 0.324. The molecule has 0 saturated carbocycles. The Morgan fingerprint density at radius 1 is 1.04 bits per heavy atom. The van der Waals surface area contributed by atoms with Crippen molar-refractivity contribution in [3.05, 3.63) is 94.9 Å². The number of phenols is 1. The third-order valence-corrected chi connectivity index (χ3v) is 11.6. The highest BCUT2D eigenvalue weighted by Gasteiger charge is 2.41. The number of carbonyl (C=O) groups excluding carboxylic acids is 3. The zero-order chi connectivity index (χ0) is 40.8. The van der Waals surface area contributed by atoms with Crippen molar-refractivity contribution in [1.29, 1.82) is 0 Å². The lowest BCUT2D eigenvalue weighted by molar-refractivity contribution is -0.928. The van der Waals surface area contributed by atoms with Gasteiger partial charge in [0, 0.05) is 16.1 Å². The summed E-state index contributed by atoms with van der Waals surface area (Å²) in [4.78, 5) is 38.9. The summed E-state index contributed by atoms with van der Waals surface area (Å²) < 4.78 is 73.9. The van der Waals surface area contributed by atoms with Crippen LogP contribution in [0.25, 0.3) is 0 Å². The normalized spacial score (nSPS) is 18.2. The molecule has 0 radical (unpaired) electrons. The number of aliphatic carboxylic acids is 1. The van der Waals surface area contributed by atoms with Crippen LogP contribution in [0.15, 0.2) is 83.1 Å². The van der Waals surface area contributed by atoms with Crippen LogP contribution in [-0.2, 0) is 32.7 Å². The third kappa shape index (κ3) is 10.9. The van der Waals surface area contributed by atoms with Gasteiger partial charge in [-0.2, -0.15) is 21.6 Å². The van der Waals surface area contributed by atoms with Crippen LogP contribution in [0.2, 0.25) is 0 Å². The van der Waals surface area contributed by atoms with E-state index in [0.29, 0.717) is 41.2 Å². The second kappa shape index (κ2) is 17.2. The van der Waals surface area contributed by atoms with Crippen molar-refractivity contribution in [2.45, 2.75) is 55.2 Å². The molecule has 3 atom stereocenters. The number of urea groups is 1. The number of amides is 3. The van der Waals surface area contributed by atoms with Gasteiger partial charge in [-0.15, -0.1) is 11.3 Å². The van der Waals surface area contributed by atoms with E-state index in [1.54, 1.807) is 18.2 Å². The molecule has 1 aromatic heterocycles. The molecular weight excluding hydrogens is 782 g/mol. The number of carbonyl (C=O) groups is 3.